The van der Waals surface area contributed by atoms with Gasteiger partial charge < -0.3 is 14.5 Å². The van der Waals surface area contributed by atoms with Crippen molar-refractivity contribution in [1.29, 1.82) is 0 Å². The van der Waals surface area contributed by atoms with E-state index in [1.54, 1.807) is 4.90 Å². The lowest BCUT2D eigenvalue weighted by Gasteiger charge is -2.39. The summed E-state index contributed by atoms with van der Waals surface area (Å²) in [6, 6.07) is 9.91. The maximum Gasteiger partial charge on any atom is 0.228 e. The molecule has 3 rings (SSSR count). The Balaban J connectivity index is 1.61. The Morgan fingerprint density at radius 1 is 1.30 bits per heavy atom. The van der Waals surface area contributed by atoms with Crippen molar-refractivity contribution in [3.05, 3.63) is 35.9 Å². The van der Waals surface area contributed by atoms with Crippen LogP contribution in [0.1, 0.15) is 25.8 Å². The number of hydrogen-bond acceptors (Lipinski definition) is 3. The van der Waals surface area contributed by atoms with Gasteiger partial charge in [-0.25, -0.2) is 0 Å². The fraction of sp³-hybridized carbons (Fsp3) is 0.556. The van der Waals surface area contributed by atoms with Crippen LogP contribution in [-0.4, -0.2) is 53.5 Å². The van der Waals surface area contributed by atoms with Gasteiger partial charge in [0.05, 0.1) is 18.1 Å². The van der Waals surface area contributed by atoms with Crippen molar-refractivity contribution in [1.82, 2.24) is 9.80 Å². The van der Waals surface area contributed by atoms with E-state index in [0.717, 1.165) is 5.56 Å². The standard InChI is InChI=1S/C18H24N2O3/c1-18(2)13-19(8-9-23-18)17(22)15-10-16(21)20(12-15)11-14-6-4-3-5-7-14/h3-7,15H,8-13H2,1-2H3. The highest BCUT2D eigenvalue weighted by Crippen LogP contribution is 2.25. The SMILES string of the molecule is CC1(C)CN(C(=O)C2CC(=O)N(Cc3ccccc3)C2)CCO1. The van der Waals surface area contributed by atoms with Gasteiger partial charge in [-0.05, 0) is 19.4 Å². The highest BCUT2D eigenvalue weighted by atomic mass is 16.5. The molecule has 2 heterocycles. The predicted octanol–water partition coefficient (Wildman–Crippen LogP) is 1.67. The highest BCUT2D eigenvalue weighted by Gasteiger charge is 2.39. The Kier molecular flexibility index (Phi) is 4.39. The Labute approximate surface area is 137 Å². The molecule has 1 unspecified atom stereocenters. The molecule has 0 radical (unpaired) electrons. The molecule has 5 heteroatoms. The van der Waals surface area contributed by atoms with Crippen molar-refractivity contribution in [2.24, 2.45) is 5.92 Å². The first-order chi connectivity index (χ1) is 10.9. The van der Waals surface area contributed by atoms with Crippen molar-refractivity contribution >= 4 is 11.8 Å². The molecular formula is C18H24N2O3. The van der Waals surface area contributed by atoms with Crippen molar-refractivity contribution in [2.75, 3.05) is 26.2 Å². The summed E-state index contributed by atoms with van der Waals surface area (Å²) in [5.74, 6) is -0.0647. The van der Waals surface area contributed by atoms with Gasteiger partial charge in [-0.3, -0.25) is 9.59 Å². The first-order valence-corrected chi connectivity index (χ1v) is 8.19. The van der Waals surface area contributed by atoms with Gasteiger partial charge in [0.1, 0.15) is 0 Å². The fourth-order valence-corrected chi connectivity index (χ4v) is 3.36. The van der Waals surface area contributed by atoms with Gasteiger partial charge in [0.25, 0.3) is 0 Å². The van der Waals surface area contributed by atoms with E-state index >= 15 is 0 Å². The number of rotatable bonds is 3. The molecule has 2 aliphatic rings. The molecular weight excluding hydrogens is 292 g/mol. The van der Waals surface area contributed by atoms with Crippen LogP contribution in [0.2, 0.25) is 0 Å². The number of morpholine rings is 1. The molecule has 0 bridgehead atoms. The normalized spacial score (nSPS) is 24.1. The molecule has 0 saturated carbocycles. The number of carbonyl (C=O) groups is 2. The summed E-state index contributed by atoms with van der Waals surface area (Å²) < 4.78 is 5.66. The van der Waals surface area contributed by atoms with Crippen LogP contribution in [0.3, 0.4) is 0 Å². The lowest BCUT2D eigenvalue weighted by molar-refractivity contribution is -0.149. The van der Waals surface area contributed by atoms with Gasteiger partial charge in [-0.2, -0.15) is 0 Å². The van der Waals surface area contributed by atoms with Gasteiger partial charge in [-0.1, -0.05) is 30.3 Å². The van der Waals surface area contributed by atoms with Crippen molar-refractivity contribution in [2.45, 2.75) is 32.4 Å². The summed E-state index contributed by atoms with van der Waals surface area (Å²) in [5.41, 5.74) is 0.793. The van der Waals surface area contributed by atoms with Crippen LogP contribution in [0.5, 0.6) is 0 Å². The summed E-state index contributed by atoms with van der Waals surface area (Å²) in [5, 5.41) is 0. The number of amides is 2. The number of ether oxygens (including phenoxy) is 1. The number of hydrogen-bond donors (Lipinski definition) is 0. The lowest BCUT2D eigenvalue weighted by Crippen LogP contribution is -2.52. The largest absolute Gasteiger partial charge is 0.372 e. The molecule has 0 spiro atoms. The quantitative estimate of drug-likeness (QED) is 0.852. The second-order valence-corrected chi connectivity index (χ2v) is 7.03. The minimum absolute atomic E-state index is 0.0692. The van der Waals surface area contributed by atoms with E-state index in [9.17, 15) is 9.59 Å². The first-order valence-electron chi connectivity index (χ1n) is 8.19. The average molecular weight is 316 g/mol. The number of likely N-dealkylation sites (tertiary alicyclic amines) is 1. The monoisotopic (exact) mass is 316 g/mol. The van der Waals surface area contributed by atoms with Gasteiger partial charge >= 0.3 is 0 Å². The molecule has 0 aliphatic carbocycles. The van der Waals surface area contributed by atoms with Crippen LogP contribution in [-0.2, 0) is 20.9 Å². The number of carbonyl (C=O) groups excluding carboxylic acids is 2. The Morgan fingerprint density at radius 3 is 2.74 bits per heavy atom. The fourth-order valence-electron chi connectivity index (χ4n) is 3.36. The first kappa shape index (κ1) is 16.0. The molecule has 2 amide bonds. The topological polar surface area (TPSA) is 49.9 Å². The van der Waals surface area contributed by atoms with Gasteiger partial charge in [0.2, 0.25) is 11.8 Å². The Hall–Kier alpha value is -1.88. The van der Waals surface area contributed by atoms with Crippen LogP contribution < -0.4 is 0 Å². The van der Waals surface area contributed by atoms with Crippen LogP contribution in [0.4, 0.5) is 0 Å². The van der Waals surface area contributed by atoms with Crippen LogP contribution in [0.15, 0.2) is 30.3 Å². The maximum absolute atomic E-state index is 12.7. The minimum atomic E-state index is -0.305. The predicted molar refractivity (Wildman–Crippen MR) is 86.6 cm³/mol. The minimum Gasteiger partial charge on any atom is -0.372 e. The zero-order valence-electron chi connectivity index (χ0n) is 13.8. The summed E-state index contributed by atoms with van der Waals surface area (Å²) in [6.45, 7) is 6.86. The van der Waals surface area contributed by atoms with E-state index in [1.807, 2.05) is 49.1 Å². The van der Waals surface area contributed by atoms with Crippen LogP contribution >= 0.6 is 0 Å². The molecule has 2 saturated heterocycles. The Morgan fingerprint density at radius 2 is 2.04 bits per heavy atom. The van der Waals surface area contributed by atoms with E-state index in [2.05, 4.69) is 0 Å². The number of benzene rings is 1. The van der Waals surface area contributed by atoms with E-state index < -0.39 is 0 Å². The molecule has 2 aliphatic heterocycles. The molecule has 2 fully saturated rings. The van der Waals surface area contributed by atoms with E-state index in [4.69, 9.17) is 4.74 Å². The van der Waals surface area contributed by atoms with E-state index in [0.29, 0.717) is 39.2 Å². The van der Waals surface area contributed by atoms with E-state index in [1.165, 1.54) is 0 Å². The second kappa shape index (κ2) is 6.32. The molecule has 5 nitrogen and oxygen atoms in total. The summed E-state index contributed by atoms with van der Waals surface area (Å²) in [6.07, 6.45) is 0.323. The third kappa shape index (κ3) is 3.72. The smallest absolute Gasteiger partial charge is 0.228 e. The molecule has 0 N–H and O–H groups in total. The molecule has 1 aromatic rings. The summed E-state index contributed by atoms with van der Waals surface area (Å²) in [4.78, 5) is 28.6. The third-order valence-corrected chi connectivity index (χ3v) is 4.52. The maximum atomic E-state index is 12.7. The van der Waals surface area contributed by atoms with Crippen LogP contribution in [0.25, 0.3) is 0 Å². The Bertz CT molecular complexity index is 585. The average Bonchev–Trinajstić information content (AvgIpc) is 2.87. The molecule has 1 aromatic carbocycles. The van der Waals surface area contributed by atoms with Crippen molar-refractivity contribution in [3.63, 3.8) is 0 Å². The third-order valence-electron chi connectivity index (χ3n) is 4.52. The number of nitrogens with zero attached hydrogens (tertiary/aromatic N) is 2. The molecule has 124 valence electrons. The molecule has 1 atom stereocenters. The zero-order valence-corrected chi connectivity index (χ0v) is 13.8. The summed E-state index contributed by atoms with van der Waals surface area (Å²) >= 11 is 0. The van der Waals surface area contributed by atoms with Crippen molar-refractivity contribution < 1.29 is 14.3 Å². The molecule has 23 heavy (non-hydrogen) atoms. The molecule has 0 aromatic heterocycles. The highest BCUT2D eigenvalue weighted by molar-refractivity contribution is 5.89. The van der Waals surface area contributed by atoms with Crippen LogP contribution in [0, 0.1) is 5.92 Å². The zero-order chi connectivity index (χ0) is 16.4. The van der Waals surface area contributed by atoms with Gasteiger partial charge in [-0.15, -0.1) is 0 Å². The summed E-state index contributed by atoms with van der Waals surface area (Å²) in [7, 11) is 0. The lowest BCUT2D eigenvalue weighted by atomic mass is 10.0. The van der Waals surface area contributed by atoms with Gasteiger partial charge in [0, 0.05) is 32.6 Å². The van der Waals surface area contributed by atoms with Gasteiger partial charge in [0.15, 0.2) is 0 Å². The van der Waals surface area contributed by atoms with Crippen molar-refractivity contribution in [3.8, 4) is 0 Å². The second-order valence-electron chi connectivity index (χ2n) is 7.03. The van der Waals surface area contributed by atoms with E-state index in [-0.39, 0.29) is 23.3 Å².